The Hall–Kier alpha value is -3.33. The molecule has 3 aromatic rings. The Kier molecular flexibility index (Phi) is 3.69. The van der Waals surface area contributed by atoms with Gasteiger partial charge in [0.15, 0.2) is 0 Å². The average molecular weight is 304 g/mol. The molecular weight excluding hydrogens is 288 g/mol. The van der Waals surface area contributed by atoms with Crippen molar-refractivity contribution in [3.05, 3.63) is 48.3 Å². The molecule has 0 saturated heterocycles. The van der Waals surface area contributed by atoms with E-state index in [1.807, 2.05) is 55.5 Å². The van der Waals surface area contributed by atoms with E-state index < -0.39 is 0 Å². The minimum Gasteiger partial charge on any atom is -0.383 e. The lowest BCUT2D eigenvalue weighted by molar-refractivity contribution is 1.07. The second-order valence-corrected chi connectivity index (χ2v) is 5.31. The van der Waals surface area contributed by atoms with Crippen LogP contribution < -0.4 is 10.6 Å². The van der Waals surface area contributed by atoms with Crippen LogP contribution in [0, 0.1) is 11.3 Å². The first-order chi connectivity index (χ1) is 11.1. The summed E-state index contributed by atoms with van der Waals surface area (Å²) in [5.41, 5.74) is 9.43. The Balaban J connectivity index is 2.15. The lowest BCUT2D eigenvalue weighted by atomic mass is 10.0. The molecule has 0 bridgehead atoms. The van der Waals surface area contributed by atoms with Gasteiger partial charge in [-0.25, -0.2) is 9.97 Å². The highest BCUT2D eigenvalue weighted by atomic mass is 15.1. The van der Waals surface area contributed by atoms with Gasteiger partial charge in [0.2, 0.25) is 0 Å². The number of aromatic amines is 1. The fraction of sp³-hybridized carbons (Fsp3) is 0.118. The van der Waals surface area contributed by atoms with Crippen LogP contribution in [0.5, 0.6) is 0 Å². The first-order valence-electron chi connectivity index (χ1n) is 7.08. The van der Waals surface area contributed by atoms with Crippen molar-refractivity contribution in [2.75, 3.05) is 24.7 Å². The van der Waals surface area contributed by atoms with Crippen molar-refractivity contribution in [3.63, 3.8) is 0 Å². The normalized spacial score (nSPS) is 10.3. The predicted molar refractivity (Wildman–Crippen MR) is 90.7 cm³/mol. The highest BCUT2D eigenvalue weighted by Gasteiger charge is 2.14. The Morgan fingerprint density at radius 3 is 2.65 bits per heavy atom. The Labute approximate surface area is 134 Å². The fourth-order valence-electron chi connectivity index (χ4n) is 2.35. The summed E-state index contributed by atoms with van der Waals surface area (Å²) in [5, 5.41) is 9.42. The van der Waals surface area contributed by atoms with Gasteiger partial charge in [-0.05, 0) is 30.3 Å². The smallest absolute Gasteiger partial charge is 0.142 e. The predicted octanol–water partition coefficient (Wildman–Crippen LogP) is 2.66. The van der Waals surface area contributed by atoms with Crippen LogP contribution in [0.25, 0.3) is 22.5 Å². The maximum atomic E-state index is 9.42. The van der Waals surface area contributed by atoms with Crippen molar-refractivity contribution in [1.82, 2.24) is 15.0 Å². The summed E-state index contributed by atoms with van der Waals surface area (Å²) in [6, 6.07) is 11.6. The number of anilines is 2. The van der Waals surface area contributed by atoms with Crippen LogP contribution in [0.4, 0.5) is 11.6 Å². The molecule has 0 aliphatic carbocycles. The van der Waals surface area contributed by atoms with Crippen molar-refractivity contribution < 1.29 is 0 Å². The summed E-state index contributed by atoms with van der Waals surface area (Å²) in [4.78, 5) is 13.7. The van der Waals surface area contributed by atoms with Gasteiger partial charge in [-0.15, -0.1) is 0 Å². The zero-order valence-electron chi connectivity index (χ0n) is 12.9. The molecule has 23 heavy (non-hydrogen) atoms. The van der Waals surface area contributed by atoms with Gasteiger partial charge in [0, 0.05) is 37.6 Å². The van der Waals surface area contributed by atoms with Gasteiger partial charge in [0.05, 0.1) is 11.4 Å². The maximum Gasteiger partial charge on any atom is 0.142 e. The standard InChI is InChI=1S/C17H16N6/c1-23(2)16-6-5-11(10-21-16)12-8-15(14-4-3-7-20-14)22-17(19)13(12)9-18/h3-8,10,20H,1-2H3,(H2,19,22). The number of H-pyrrole nitrogens is 1. The zero-order chi connectivity index (χ0) is 16.4. The molecular formula is C17H16N6. The quantitative estimate of drug-likeness (QED) is 0.775. The van der Waals surface area contributed by atoms with E-state index in [1.54, 1.807) is 6.20 Å². The highest BCUT2D eigenvalue weighted by Crippen LogP contribution is 2.30. The molecule has 3 aromatic heterocycles. The number of hydrogen-bond donors (Lipinski definition) is 2. The fourth-order valence-corrected chi connectivity index (χ4v) is 2.35. The number of aromatic nitrogens is 3. The van der Waals surface area contributed by atoms with E-state index >= 15 is 0 Å². The van der Waals surface area contributed by atoms with E-state index in [1.165, 1.54) is 0 Å². The van der Waals surface area contributed by atoms with Gasteiger partial charge in [0.25, 0.3) is 0 Å². The molecule has 0 aliphatic heterocycles. The van der Waals surface area contributed by atoms with Crippen LogP contribution >= 0.6 is 0 Å². The number of pyridine rings is 2. The number of nitrogen functional groups attached to an aromatic ring is 1. The van der Waals surface area contributed by atoms with Crippen LogP contribution in [0.3, 0.4) is 0 Å². The average Bonchev–Trinajstić information content (AvgIpc) is 3.08. The van der Waals surface area contributed by atoms with Gasteiger partial charge >= 0.3 is 0 Å². The summed E-state index contributed by atoms with van der Waals surface area (Å²) in [7, 11) is 3.85. The first-order valence-corrected chi connectivity index (χ1v) is 7.08. The maximum absolute atomic E-state index is 9.42. The summed E-state index contributed by atoms with van der Waals surface area (Å²) in [6.07, 6.45) is 3.56. The third-order valence-corrected chi connectivity index (χ3v) is 3.55. The molecule has 6 heteroatoms. The third-order valence-electron chi connectivity index (χ3n) is 3.55. The molecule has 0 radical (unpaired) electrons. The Morgan fingerprint density at radius 2 is 2.09 bits per heavy atom. The van der Waals surface area contributed by atoms with E-state index in [0.717, 1.165) is 22.6 Å². The van der Waals surface area contributed by atoms with Crippen molar-refractivity contribution in [1.29, 1.82) is 5.26 Å². The summed E-state index contributed by atoms with van der Waals surface area (Å²) in [5.74, 6) is 1.06. The van der Waals surface area contributed by atoms with Gasteiger partial charge in [-0.1, -0.05) is 0 Å². The molecule has 3 rings (SSSR count). The molecule has 0 fully saturated rings. The Morgan fingerprint density at radius 1 is 1.26 bits per heavy atom. The van der Waals surface area contributed by atoms with Crippen molar-refractivity contribution in [2.45, 2.75) is 0 Å². The van der Waals surface area contributed by atoms with Crippen LogP contribution in [0.2, 0.25) is 0 Å². The van der Waals surface area contributed by atoms with Gasteiger partial charge < -0.3 is 15.6 Å². The van der Waals surface area contributed by atoms with Crippen molar-refractivity contribution >= 4 is 11.6 Å². The highest BCUT2D eigenvalue weighted by molar-refractivity contribution is 5.79. The van der Waals surface area contributed by atoms with Gasteiger partial charge in [-0.3, -0.25) is 0 Å². The SMILES string of the molecule is CN(C)c1ccc(-c2cc(-c3ccc[nH]3)nc(N)c2C#N)cn1. The largest absolute Gasteiger partial charge is 0.383 e. The van der Waals surface area contributed by atoms with E-state index in [0.29, 0.717) is 11.3 Å². The minimum absolute atomic E-state index is 0.214. The third kappa shape index (κ3) is 2.72. The second-order valence-electron chi connectivity index (χ2n) is 5.31. The van der Waals surface area contributed by atoms with E-state index in [4.69, 9.17) is 5.73 Å². The number of nitrogens with one attached hydrogen (secondary N) is 1. The molecule has 0 atom stereocenters. The van der Waals surface area contributed by atoms with Gasteiger partial charge in [-0.2, -0.15) is 5.26 Å². The number of rotatable bonds is 3. The van der Waals surface area contributed by atoms with E-state index in [2.05, 4.69) is 21.0 Å². The number of nitriles is 1. The lowest BCUT2D eigenvalue weighted by Crippen LogP contribution is -2.10. The van der Waals surface area contributed by atoms with Crippen LogP contribution in [-0.4, -0.2) is 29.0 Å². The van der Waals surface area contributed by atoms with Crippen molar-refractivity contribution in [2.24, 2.45) is 0 Å². The second kappa shape index (κ2) is 5.81. The van der Waals surface area contributed by atoms with E-state index in [9.17, 15) is 5.26 Å². The molecule has 114 valence electrons. The summed E-state index contributed by atoms with van der Waals surface area (Å²) >= 11 is 0. The molecule has 0 unspecified atom stereocenters. The molecule has 0 spiro atoms. The van der Waals surface area contributed by atoms with Crippen LogP contribution in [0.15, 0.2) is 42.7 Å². The molecule has 0 aromatic carbocycles. The monoisotopic (exact) mass is 304 g/mol. The van der Waals surface area contributed by atoms with Crippen LogP contribution in [-0.2, 0) is 0 Å². The lowest BCUT2D eigenvalue weighted by Gasteiger charge is -2.13. The number of nitrogens with zero attached hydrogens (tertiary/aromatic N) is 4. The van der Waals surface area contributed by atoms with Crippen LogP contribution in [0.1, 0.15) is 5.56 Å². The van der Waals surface area contributed by atoms with Gasteiger partial charge in [0.1, 0.15) is 23.3 Å². The summed E-state index contributed by atoms with van der Waals surface area (Å²) < 4.78 is 0. The molecule has 0 amide bonds. The molecule has 3 N–H and O–H groups in total. The number of nitrogens with two attached hydrogens (primary N) is 1. The topological polar surface area (TPSA) is 94.6 Å². The zero-order valence-corrected chi connectivity index (χ0v) is 12.9. The van der Waals surface area contributed by atoms with Crippen molar-refractivity contribution in [3.8, 4) is 28.6 Å². The molecule has 0 saturated carbocycles. The first kappa shape index (κ1) is 14.6. The molecule has 3 heterocycles. The summed E-state index contributed by atoms with van der Waals surface area (Å²) in [6.45, 7) is 0. The Bertz CT molecular complexity index is 857. The minimum atomic E-state index is 0.214. The van der Waals surface area contributed by atoms with E-state index in [-0.39, 0.29) is 5.82 Å². The molecule has 0 aliphatic rings. The number of hydrogen-bond acceptors (Lipinski definition) is 5. The molecule has 6 nitrogen and oxygen atoms in total.